The van der Waals surface area contributed by atoms with Crippen molar-refractivity contribution in [2.75, 3.05) is 18.5 Å². The van der Waals surface area contributed by atoms with Gasteiger partial charge in [0, 0.05) is 23.1 Å². The lowest BCUT2D eigenvalue weighted by atomic mass is 9.99. The average molecular weight is 416 g/mol. The van der Waals surface area contributed by atoms with Gasteiger partial charge < -0.3 is 15.0 Å². The van der Waals surface area contributed by atoms with Crippen LogP contribution in [0.15, 0.2) is 72.8 Å². The van der Waals surface area contributed by atoms with Gasteiger partial charge in [-0.1, -0.05) is 48.5 Å². The smallest absolute Gasteiger partial charge is 0.340 e. The van der Waals surface area contributed by atoms with E-state index in [9.17, 15) is 9.59 Å². The Bertz CT molecular complexity index is 1080. The zero-order chi connectivity index (χ0) is 21.6. The monoisotopic (exact) mass is 415 g/mol. The molecule has 2 N–H and O–H groups in total. The van der Waals surface area contributed by atoms with E-state index in [-0.39, 0.29) is 12.5 Å². The van der Waals surface area contributed by atoms with Crippen LogP contribution < -0.4 is 10.2 Å². The fourth-order valence-corrected chi connectivity index (χ4v) is 4.03. The zero-order valence-corrected chi connectivity index (χ0v) is 17.7. The SMILES string of the molecule is CCOC(=O)c1ccccc1NC(=O)c1ccc(C[NH+]2CCc3ccccc3C2)cc1. The van der Waals surface area contributed by atoms with E-state index in [1.807, 2.05) is 24.3 Å². The standard InChI is InChI=1S/C26H26N2O3/c1-2-31-26(30)23-9-5-6-10-24(23)27-25(29)21-13-11-19(12-14-21)17-28-16-15-20-7-3-4-8-22(20)18-28/h3-14H,2,15-18H2,1H3,(H,27,29)/p+1. The van der Waals surface area contributed by atoms with Gasteiger partial charge in [-0.3, -0.25) is 4.79 Å². The number of fused-ring (bicyclic) bond motifs is 1. The Morgan fingerprint density at radius 2 is 1.65 bits per heavy atom. The van der Waals surface area contributed by atoms with E-state index in [1.54, 1.807) is 31.2 Å². The Kier molecular flexibility index (Phi) is 6.43. The minimum absolute atomic E-state index is 0.248. The van der Waals surface area contributed by atoms with Crippen molar-refractivity contribution in [2.24, 2.45) is 0 Å². The number of rotatable bonds is 6. The number of carbonyl (C=O) groups excluding carboxylic acids is 2. The van der Waals surface area contributed by atoms with Crippen molar-refractivity contribution < 1.29 is 19.2 Å². The molecule has 1 atom stereocenters. The molecule has 5 nitrogen and oxygen atoms in total. The number of carbonyl (C=O) groups is 2. The maximum absolute atomic E-state index is 12.7. The van der Waals surface area contributed by atoms with Crippen molar-refractivity contribution in [2.45, 2.75) is 26.4 Å². The molecule has 0 radical (unpaired) electrons. The first-order valence-electron chi connectivity index (χ1n) is 10.7. The summed E-state index contributed by atoms with van der Waals surface area (Å²) in [5.74, 6) is -0.692. The molecule has 1 aliphatic heterocycles. The van der Waals surface area contributed by atoms with Crippen LogP contribution in [0.1, 0.15) is 44.3 Å². The Labute approximate surface area is 182 Å². The molecular formula is C26H27N2O3+. The summed E-state index contributed by atoms with van der Waals surface area (Å²) in [7, 11) is 0. The van der Waals surface area contributed by atoms with E-state index in [1.165, 1.54) is 21.6 Å². The van der Waals surface area contributed by atoms with E-state index in [2.05, 4.69) is 29.6 Å². The van der Waals surface area contributed by atoms with Crippen LogP contribution in [0.4, 0.5) is 5.69 Å². The van der Waals surface area contributed by atoms with Gasteiger partial charge in [0.05, 0.1) is 24.4 Å². The van der Waals surface area contributed by atoms with E-state index in [0.29, 0.717) is 16.8 Å². The molecule has 5 heteroatoms. The Hall–Kier alpha value is -3.44. The van der Waals surface area contributed by atoms with Crippen LogP contribution in [-0.4, -0.2) is 25.0 Å². The molecule has 0 saturated carbocycles. The van der Waals surface area contributed by atoms with Crippen LogP contribution in [0.5, 0.6) is 0 Å². The number of benzene rings is 3. The Morgan fingerprint density at radius 1 is 0.935 bits per heavy atom. The highest BCUT2D eigenvalue weighted by molar-refractivity contribution is 6.08. The lowest BCUT2D eigenvalue weighted by Gasteiger charge is -2.26. The third-order valence-electron chi connectivity index (χ3n) is 5.65. The number of nitrogens with one attached hydrogen (secondary N) is 2. The van der Waals surface area contributed by atoms with Gasteiger partial charge in [0.15, 0.2) is 0 Å². The minimum Gasteiger partial charge on any atom is -0.462 e. The fraction of sp³-hybridized carbons (Fsp3) is 0.231. The molecular weight excluding hydrogens is 388 g/mol. The van der Waals surface area contributed by atoms with Crippen molar-refractivity contribution in [1.29, 1.82) is 0 Å². The number of ether oxygens (including phenoxy) is 1. The van der Waals surface area contributed by atoms with Crippen LogP contribution in [0.2, 0.25) is 0 Å². The van der Waals surface area contributed by atoms with Gasteiger partial charge in [0.25, 0.3) is 5.91 Å². The zero-order valence-electron chi connectivity index (χ0n) is 17.7. The van der Waals surface area contributed by atoms with Gasteiger partial charge >= 0.3 is 5.97 Å². The van der Waals surface area contributed by atoms with E-state index < -0.39 is 5.97 Å². The van der Waals surface area contributed by atoms with E-state index in [4.69, 9.17) is 4.74 Å². The summed E-state index contributed by atoms with van der Waals surface area (Å²) >= 11 is 0. The van der Waals surface area contributed by atoms with Gasteiger partial charge in [-0.2, -0.15) is 0 Å². The molecule has 0 aromatic heterocycles. The number of hydrogen-bond acceptors (Lipinski definition) is 3. The summed E-state index contributed by atoms with van der Waals surface area (Å²) in [5.41, 5.74) is 5.45. The normalized spacial score (nSPS) is 15.1. The highest BCUT2D eigenvalue weighted by Gasteiger charge is 2.19. The minimum atomic E-state index is -0.445. The molecule has 1 amide bonds. The Morgan fingerprint density at radius 3 is 2.42 bits per heavy atom. The molecule has 1 unspecified atom stereocenters. The third kappa shape index (κ3) is 5.01. The number of amides is 1. The summed E-state index contributed by atoms with van der Waals surface area (Å²) < 4.78 is 5.07. The Balaban J connectivity index is 1.40. The third-order valence-corrected chi connectivity index (χ3v) is 5.65. The fourth-order valence-electron chi connectivity index (χ4n) is 4.03. The van der Waals surface area contributed by atoms with Crippen molar-refractivity contribution in [3.63, 3.8) is 0 Å². The molecule has 4 rings (SSSR count). The summed E-state index contributed by atoms with van der Waals surface area (Å²) in [6, 6.07) is 23.2. The largest absolute Gasteiger partial charge is 0.462 e. The lowest BCUT2D eigenvalue weighted by molar-refractivity contribution is -0.929. The first kappa shape index (κ1) is 20.8. The molecule has 31 heavy (non-hydrogen) atoms. The number of hydrogen-bond donors (Lipinski definition) is 2. The predicted octanol–water partition coefficient (Wildman–Crippen LogP) is 3.26. The van der Waals surface area contributed by atoms with Gasteiger partial charge in [-0.15, -0.1) is 0 Å². The van der Waals surface area contributed by atoms with Crippen LogP contribution in [0.3, 0.4) is 0 Å². The summed E-state index contributed by atoms with van der Waals surface area (Å²) in [4.78, 5) is 26.4. The molecule has 0 saturated heterocycles. The number of para-hydroxylation sites is 1. The number of anilines is 1. The van der Waals surface area contributed by atoms with Gasteiger partial charge in [-0.05, 0) is 36.8 Å². The van der Waals surface area contributed by atoms with Gasteiger partial charge in [0.1, 0.15) is 13.1 Å². The maximum Gasteiger partial charge on any atom is 0.340 e. The first-order chi connectivity index (χ1) is 15.1. The molecule has 3 aromatic carbocycles. The summed E-state index contributed by atoms with van der Waals surface area (Å²) in [5, 5.41) is 2.83. The van der Waals surface area contributed by atoms with Crippen LogP contribution >= 0.6 is 0 Å². The quantitative estimate of drug-likeness (QED) is 0.608. The highest BCUT2D eigenvalue weighted by atomic mass is 16.5. The molecule has 0 bridgehead atoms. The second-order valence-electron chi connectivity index (χ2n) is 7.79. The molecule has 0 fully saturated rings. The van der Waals surface area contributed by atoms with E-state index in [0.717, 1.165) is 26.1 Å². The predicted molar refractivity (Wildman–Crippen MR) is 120 cm³/mol. The van der Waals surface area contributed by atoms with Gasteiger partial charge in [0.2, 0.25) is 0 Å². The average Bonchev–Trinajstić information content (AvgIpc) is 2.80. The number of esters is 1. The molecule has 3 aromatic rings. The van der Waals surface area contributed by atoms with Crippen molar-refractivity contribution >= 4 is 17.6 Å². The molecule has 1 heterocycles. The second kappa shape index (κ2) is 9.58. The lowest BCUT2D eigenvalue weighted by Crippen LogP contribution is -3.10. The van der Waals surface area contributed by atoms with Crippen molar-refractivity contribution in [3.05, 3.63) is 101 Å². The molecule has 1 aliphatic rings. The van der Waals surface area contributed by atoms with Crippen LogP contribution in [0.25, 0.3) is 0 Å². The maximum atomic E-state index is 12.7. The van der Waals surface area contributed by atoms with Crippen molar-refractivity contribution in [3.8, 4) is 0 Å². The topological polar surface area (TPSA) is 59.8 Å². The summed E-state index contributed by atoms with van der Waals surface area (Å²) in [6.45, 7) is 5.12. The van der Waals surface area contributed by atoms with Crippen molar-refractivity contribution in [1.82, 2.24) is 0 Å². The van der Waals surface area contributed by atoms with Crippen LogP contribution in [0, 0.1) is 0 Å². The molecule has 0 aliphatic carbocycles. The highest BCUT2D eigenvalue weighted by Crippen LogP contribution is 2.18. The number of quaternary nitrogens is 1. The van der Waals surface area contributed by atoms with Crippen LogP contribution in [-0.2, 0) is 24.2 Å². The first-order valence-corrected chi connectivity index (χ1v) is 10.7. The van der Waals surface area contributed by atoms with E-state index >= 15 is 0 Å². The van der Waals surface area contributed by atoms with Gasteiger partial charge in [-0.25, -0.2) is 4.79 Å². The molecule has 0 spiro atoms. The second-order valence-corrected chi connectivity index (χ2v) is 7.79. The molecule has 158 valence electrons. The summed E-state index contributed by atoms with van der Waals surface area (Å²) in [6.07, 6.45) is 1.10.